The number of aryl methyl sites for hydroxylation is 1. The van der Waals surface area contributed by atoms with Crippen LogP contribution in [0, 0.1) is 6.92 Å². The van der Waals surface area contributed by atoms with Gasteiger partial charge in [0, 0.05) is 36.2 Å². The predicted molar refractivity (Wildman–Crippen MR) is 129 cm³/mol. The Bertz CT molecular complexity index is 1050. The fourth-order valence-electron chi connectivity index (χ4n) is 5.77. The van der Waals surface area contributed by atoms with E-state index in [1.807, 2.05) is 0 Å². The Kier molecular flexibility index (Phi) is 5.66. The van der Waals surface area contributed by atoms with Crippen LogP contribution in [0.4, 0.5) is 0 Å². The standard InChI is InChI=1S/C28H36N2O/c1-21-12-13-27-25(19-21)24-14-17-29-16-8-7-11-26(24)30(27)20-22(2)31-28(3,15-18-29)23-9-5-4-6-10-23/h4-6,9-10,12-13,19,22H,7-8,11,14-18,20H2,1-3H3. The monoisotopic (exact) mass is 416 g/mol. The summed E-state index contributed by atoms with van der Waals surface area (Å²) in [5, 5.41) is 1.47. The molecule has 2 aliphatic rings. The summed E-state index contributed by atoms with van der Waals surface area (Å²) in [6, 6.07) is 17.9. The van der Waals surface area contributed by atoms with Crippen molar-refractivity contribution in [2.75, 3.05) is 19.6 Å². The average Bonchev–Trinajstić information content (AvgIpc) is 3.09. The number of hydrogen-bond acceptors (Lipinski definition) is 2. The molecular formula is C28H36N2O. The maximum Gasteiger partial charge on any atom is 0.0920 e. The second kappa shape index (κ2) is 8.44. The molecule has 0 radical (unpaired) electrons. The molecular weight excluding hydrogens is 380 g/mol. The number of fused-ring (bicyclic) bond motifs is 4. The molecule has 0 amide bonds. The van der Waals surface area contributed by atoms with Gasteiger partial charge in [0.15, 0.2) is 0 Å². The summed E-state index contributed by atoms with van der Waals surface area (Å²) in [6.45, 7) is 11.1. The summed E-state index contributed by atoms with van der Waals surface area (Å²) in [6.07, 6.45) is 6.04. The van der Waals surface area contributed by atoms with Gasteiger partial charge in [-0.1, -0.05) is 42.0 Å². The van der Waals surface area contributed by atoms with Gasteiger partial charge < -0.3 is 14.2 Å². The lowest BCUT2D eigenvalue weighted by Crippen LogP contribution is -2.38. The number of nitrogens with zero attached hydrogens (tertiary/aromatic N) is 2. The fraction of sp³-hybridized carbons (Fsp3) is 0.500. The minimum atomic E-state index is -0.269. The Morgan fingerprint density at radius 1 is 0.968 bits per heavy atom. The molecule has 31 heavy (non-hydrogen) atoms. The number of aromatic nitrogens is 1. The highest BCUT2D eigenvalue weighted by Gasteiger charge is 2.32. The summed E-state index contributed by atoms with van der Waals surface area (Å²) in [7, 11) is 0. The molecule has 0 saturated carbocycles. The molecule has 164 valence electrons. The highest BCUT2D eigenvalue weighted by molar-refractivity contribution is 5.86. The molecule has 1 aromatic heterocycles. The van der Waals surface area contributed by atoms with Crippen LogP contribution in [0.2, 0.25) is 0 Å². The Labute approximate surface area is 187 Å². The molecule has 0 saturated heterocycles. The minimum Gasteiger partial charge on any atom is -0.366 e. The van der Waals surface area contributed by atoms with Gasteiger partial charge in [-0.3, -0.25) is 0 Å². The molecule has 0 N–H and O–H groups in total. The quantitative estimate of drug-likeness (QED) is 0.495. The largest absolute Gasteiger partial charge is 0.366 e. The SMILES string of the molecule is Cc1ccc2c(c1)c1c3n2CC(C)OC(C)(c2ccccc2)CCN(CCCC3)CC1. The van der Waals surface area contributed by atoms with Gasteiger partial charge in [0.1, 0.15) is 0 Å². The first-order valence-electron chi connectivity index (χ1n) is 12.1. The fourth-order valence-corrected chi connectivity index (χ4v) is 5.77. The van der Waals surface area contributed by atoms with Crippen LogP contribution in [-0.4, -0.2) is 35.2 Å². The smallest absolute Gasteiger partial charge is 0.0920 e. The highest BCUT2D eigenvalue weighted by atomic mass is 16.5. The third-order valence-electron chi connectivity index (χ3n) is 7.45. The predicted octanol–water partition coefficient (Wildman–Crippen LogP) is 5.85. The van der Waals surface area contributed by atoms with Gasteiger partial charge in [0.05, 0.1) is 11.7 Å². The summed E-state index contributed by atoms with van der Waals surface area (Å²) in [4.78, 5) is 2.69. The van der Waals surface area contributed by atoms with Crippen LogP contribution in [0.15, 0.2) is 48.5 Å². The zero-order valence-electron chi connectivity index (χ0n) is 19.4. The van der Waals surface area contributed by atoms with E-state index in [0.29, 0.717) is 0 Å². The molecule has 3 nitrogen and oxygen atoms in total. The van der Waals surface area contributed by atoms with E-state index in [9.17, 15) is 0 Å². The number of ether oxygens (including phenoxy) is 1. The second-order valence-electron chi connectivity index (χ2n) is 9.88. The van der Waals surface area contributed by atoms with Gasteiger partial charge in [-0.25, -0.2) is 0 Å². The number of benzene rings is 2. The maximum atomic E-state index is 6.90. The Hall–Kier alpha value is -2.10. The Balaban J connectivity index is 1.62. The molecule has 2 aliphatic heterocycles. The van der Waals surface area contributed by atoms with Crippen LogP contribution in [-0.2, 0) is 29.7 Å². The van der Waals surface area contributed by atoms with E-state index in [0.717, 1.165) is 32.5 Å². The van der Waals surface area contributed by atoms with Crippen molar-refractivity contribution in [2.24, 2.45) is 0 Å². The van der Waals surface area contributed by atoms with E-state index in [-0.39, 0.29) is 11.7 Å². The molecule has 3 heterocycles. The third-order valence-corrected chi connectivity index (χ3v) is 7.45. The minimum absolute atomic E-state index is 0.141. The molecule has 3 atom stereocenters. The van der Waals surface area contributed by atoms with Crippen LogP contribution in [0.1, 0.15) is 55.5 Å². The molecule has 0 spiro atoms. The first kappa shape index (κ1) is 20.8. The van der Waals surface area contributed by atoms with Crippen molar-refractivity contribution in [2.45, 2.75) is 71.1 Å². The lowest BCUT2D eigenvalue weighted by Gasteiger charge is -2.36. The molecule has 3 heteroatoms. The zero-order valence-corrected chi connectivity index (χ0v) is 19.4. The molecule has 2 aromatic carbocycles. The molecule has 0 fully saturated rings. The van der Waals surface area contributed by atoms with E-state index in [1.165, 1.54) is 47.8 Å². The first-order valence-corrected chi connectivity index (χ1v) is 12.1. The summed E-state index contributed by atoms with van der Waals surface area (Å²) in [5.41, 5.74) is 6.91. The van der Waals surface area contributed by atoms with E-state index in [1.54, 1.807) is 11.3 Å². The van der Waals surface area contributed by atoms with Gasteiger partial charge in [0.2, 0.25) is 0 Å². The Morgan fingerprint density at radius 2 is 1.81 bits per heavy atom. The highest BCUT2D eigenvalue weighted by Crippen LogP contribution is 2.35. The van der Waals surface area contributed by atoms with Crippen LogP contribution < -0.4 is 0 Å². The van der Waals surface area contributed by atoms with Crippen molar-refractivity contribution in [1.29, 1.82) is 0 Å². The normalized spacial score (nSPS) is 27.3. The van der Waals surface area contributed by atoms with Crippen LogP contribution in [0.25, 0.3) is 10.9 Å². The van der Waals surface area contributed by atoms with E-state index >= 15 is 0 Å². The van der Waals surface area contributed by atoms with E-state index in [4.69, 9.17) is 4.74 Å². The molecule has 0 aliphatic carbocycles. The summed E-state index contributed by atoms with van der Waals surface area (Å²) < 4.78 is 9.50. The van der Waals surface area contributed by atoms with Crippen molar-refractivity contribution in [3.8, 4) is 0 Å². The molecule has 3 unspecified atom stereocenters. The molecule has 3 aromatic rings. The zero-order chi connectivity index (χ0) is 21.4. The van der Waals surface area contributed by atoms with Crippen molar-refractivity contribution < 1.29 is 4.74 Å². The van der Waals surface area contributed by atoms with Crippen molar-refractivity contribution in [1.82, 2.24) is 9.47 Å². The molecule has 5 rings (SSSR count). The third kappa shape index (κ3) is 4.06. The average molecular weight is 417 g/mol. The number of hydrogen-bond donors (Lipinski definition) is 0. The second-order valence-corrected chi connectivity index (χ2v) is 9.88. The lowest BCUT2D eigenvalue weighted by atomic mass is 9.91. The van der Waals surface area contributed by atoms with Gasteiger partial charge in [-0.15, -0.1) is 0 Å². The topological polar surface area (TPSA) is 17.4 Å². The lowest BCUT2D eigenvalue weighted by molar-refractivity contribution is -0.0944. The Morgan fingerprint density at radius 3 is 2.65 bits per heavy atom. The van der Waals surface area contributed by atoms with Crippen molar-refractivity contribution in [3.63, 3.8) is 0 Å². The first-order chi connectivity index (χ1) is 15.0. The van der Waals surface area contributed by atoms with Crippen LogP contribution in [0.5, 0.6) is 0 Å². The van der Waals surface area contributed by atoms with Crippen LogP contribution >= 0.6 is 0 Å². The van der Waals surface area contributed by atoms with Gasteiger partial charge in [-0.05, 0) is 82.7 Å². The van der Waals surface area contributed by atoms with Crippen molar-refractivity contribution in [3.05, 3.63) is 70.9 Å². The van der Waals surface area contributed by atoms with Gasteiger partial charge in [0.25, 0.3) is 0 Å². The summed E-state index contributed by atoms with van der Waals surface area (Å²) in [5.74, 6) is 0. The van der Waals surface area contributed by atoms with Crippen LogP contribution in [0.3, 0.4) is 0 Å². The maximum absolute atomic E-state index is 6.90. The van der Waals surface area contributed by atoms with Gasteiger partial charge in [-0.2, -0.15) is 0 Å². The van der Waals surface area contributed by atoms with E-state index in [2.05, 4.69) is 78.8 Å². The van der Waals surface area contributed by atoms with E-state index < -0.39 is 0 Å². The molecule has 4 bridgehead atoms. The number of rotatable bonds is 1. The summed E-state index contributed by atoms with van der Waals surface area (Å²) >= 11 is 0. The van der Waals surface area contributed by atoms with Gasteiger partial charge >= 0.3 is 0 Å². The van der Waals surface area contributed by atoms with Crippen molar-refractivity contribution >= 4 is 10.9 Å².